The highest BCUT2D eigenvalue weighted by Gasteiger charge is 2.44. The summed E-state index contributed by atoms with van der Waals surface area (Å²) in [5.74, 6) is 3.28. The molecule has 174 valence electrons. The molecule has 0 radical (unpaired) electrons. The van der Waals surface area contributed by atoms with E-state index in [-0.39, 0.29) is 11.9 Å². The number of halogens is 1. The predicted molar refractivity (Wildman–Crippen MR) is 123 cm³/mol. The van der Waals surface area contributed by atoms with Gasteiger partial charge in [-0.1, -0.05) is 24.9 Å². The second kappa shape index (κ2) is 10.3. The molecule has 1 saturated carbocycles. The van der Waals surface area contributed by atoms with Crippen LogP contribution < -0.4 is 4.90 Å². The Morgan fingerprint density at radius 1 is 1.10 bits per heavy atom. The number of ether oxygens (including phenoxy) is 1. The largest absolute Gasteiger partial charge is 0.378 e. The van der Waals surface area contributed by atoms with Crippen molar-refractivity contribution in [3.05, 3.63) is 17.4 Å². The Hall–Kier alpha value is -0.960. The second-order valence-corrected chi connectivity index (χ2v) is 11.8. The molecular formula is C22H35ClN4O3S. The van der Waals surface area contributed by atoms with Crippen molar-refractivity contribution in [1.29, 1.82) is 0 Å². The number of sulfonamides is 1. The van der Waals surface area contributed by atoms with Crippen molar-refractivity contribution in [3.8, 4) is 0 Å². The van der Waals surface area contributed by atoms with Crippen molar-refractivity contribution < 1.29 is 13.2 Å². The molecule has 1 aromatic heterocycles. The van der Waals surface area contributed by atoms with E-state index >= 15 is 0 Å². The topological polar surface area (TPSA) is 75.6 Å². The van der Waals surface area contributed by atoms with Crippen molar-refractivity contribution in [2.45, 2.75) is 58.0 Å². The van der Waals surface area contributed by atoms with Crippen LogP contribution in [0, 0.1) is 17.8 Å². The van der Waals surface area contributed by atoms with E-state index in [0.717, 1.165) is 63.2 Å². The van der Waals surface area contributed by atoms with E-state index in [1.807, 2.05) is 6.92 Å². The fourth-order valence-electron chi connectivity index (χ4n) is 5.03. The monoisotopic (exact) mass is 470 g/mol. The normalized spacial score (nSPS) is 26.3. The van der Waals surface area contributed by atoms with Crippen LogP contribution in [0.25, 0.3) is 0 Å². The smallest absolute Gasteiger partial charge is 0.225 e. The zero-order valence-electron chi connectivity index (χ0n) is 18.5. The van der Waals surface area contributed by atoms with Gasteiger partial charge in [0, 0.05) is 26.2 Å². The molecule has 0 N–H and O–H groups in total. The Bertz CT molecular complexity index is 807. The van der Waals surface area contributed by atoms with E-state index in [0.29, 0.717) is 24.0 Å². The van der Waals surface area contributed by atoms with Crippen LogP contribution in [0.1, 0.15) is 51.9 Å². The molecule has 3 fully saturated rings. The van der Waals surface area contributed by atoms with Crippen molar-refractivity contribution in [3.63, 3.8) is 0 Å². The minimum Gasteiger partial charge on any atom is -0.378 e. The summed E-state index contributed by atoms with van der Waals surface area (Å²) in [6.45, 7) is 6.07. The number of rotatable bonds is 9. The zero-order valence-corrected chi connectivity index (χ0v) is 20.0. The molecule has 0 aromatic carbocycles. The van der Waals surface area contributed by atoms with Crippen LogP contribution in [0.15, 0.2) is 12.4 Å². The van der Waals surface area contributed by atoms with Gasteiger partial charge in [0.1, 0.15) is 0 Å². The zero-order chi connectivity index (χ0) is 21.8. The molecule has 4 rings (SSSR count). The lowest BCUT2D eigenvalue weighted by Gasteiger charge is -2.32. The second-order valence-electron chi connectivity index (χ2n) is 9.29. The highest BCUT2D eigenvalue weighted by Crippen LogP contribution is 2.48. The summed E-state index contributed by atoms with van der Waals surface area (Å²) in [5.41, 5.74) is 0. The average molecular weight is 471 g/mol. The molecule has 2 saturated heterocycles. The van der Waals surface area contributed by atoms with Gasteiger partial charge in [0.05, 0.1) is 35.9 Å². The molecule has 7 nitrogen and oxygen atoms in total. The molecule has 0 amide bonds. The van der Waals surface area contributed by atoms with Gasteiger partial charge in [-0.2, -0.15) is 0 Å². The van der Waals surface area contributed by atoms with Crippen LogP contribution in [-0.2, 0) is 14.8 Å². The molecule has 2 unspecified atom stereocenters. The lowest BCUT2D eigenvalue weighted by atomic mass is 9.91. The van der Waals surface area contributed by atoms with Crippen LogP contribution in [0.4, 0.5) is 5.95 Å². The van der Waals surface area contributed by atoms with Crippen molar-refractivity contribution in [2.75, 3.05) is 43.4 Å². The first-order valence-electron chi connectivity index (χ1n) is 11.8. The van der Waals surface area contributed by atoms with Crippen LogP contribution in [0.5, 0.6) is 0 Å². The van der Waals surface area contributed by atoms with E-state index in [1.54, 1.807) is 16.7 Å². The molecule has 31 heavy (non-hydrogen) atoms. The number of aromatic nitrogens is 2. The Morgan fingerprint density at radius 3 is 2.42 bits per heavy atom. The predicted octanol–water partition coefficient (Wildman–Crippen LogP) is 3.59. The average Bonchev–Trinajstić information content (AvgIpc) is 3.57. The van der Waals surface area contributed by atoms with Gasteiger partial charge in [0.2, 0.25) is 16.0 Å². The molecular weight excluding hydrogens is 436 g/mol. The minimum atomic E-state index is -3.08. The van der Waals surface area contributed by atoms with E-state index in [2.05, 4.69) is 14.9 Å². The summed E-state index contributed by atoms with van der Waals surface area (Å²) >= 11 is 5.89. The number of hydrogen-bond acceptors (Lipinski definition) is 6. The third kappa shape index (κ3) is 6.09. The van der Waals surface area contributed by atoms with Gasteiger partial charge >= 0.3 is 0 Å². The minimum absolute atomic E-state index is 0.211. The van der Waals surface area contributed by atoms with Crippen molar-refractivity contribution in [1.82, 2.24) is 14.3 Å². The third-order valence-corrected chi connectivity index (χ3v) is 9.26. The standard InChI is InChI=1S/C22H35ClN4O3S/c1-2-3-12-31(28,29)27-10-6-20(7-11-27)30-16-18-13-21(18)17-4-8-26(9-5-17)22-24-14-19(23)15-25-22/h14-15,17-18,20-21H,2-13,16H2,1H3. The summed E-state index contributed by atoms with van der Waals surface area (Å²) in [6.07, 6.45) is 10.5. The molecule has 0 bridgehead atoms. The summed E-state index contributed by atoms with van der Waals surface area (Å²) in [4.78, 5) is 10.9. The lowest BCUT2D eigenvalue weighted by molar-refractivity contribution is 0.0122. The molecule has 2 atom stereocenters. The first-order valence-corrected chi connectivity index (χ1v) is 13.8. The van der Waals surface area contributed by atoms with Crippen LogP contribution in [-0.4, -0.2) is 67.3 Å². The molecule has 1 aromatic rings. The highest BCUT2D eigenvalue weighted by molar-refractivity contribution is 7.89. The first-order chi connectivity index (χ1) is 15.0. The number of anilines is 1. The maximum absolute atomic E-state index is 12.3. The third-order valence-electron chi connectivity index (χ3n) is 7.11. The van der Waals surface area contributed by atoms with Crippen molar-refractivity contribution in [2.24, 2.45) is 17.8 Å². The van der Waals surface area contributed by atoms with E-state index in [9.17, 15) is 8.42 Å². The van der Waals surface area contributed by atoms with E-state index < -0.39 is 10.0 Å². The Labute approximate surface area is 191 Å². The Kier molecular flexibility index (Phi) is 7.72. The van der Waals surface area contributed by atoms with Gasteiger partial charge in [-0.25, -0.2) is 22.7 Å². The van der Waals surface area contributed by atoms with E-state index in [1.165, 1.54) is 19.3 Å². The highest BCUT2D eigenvalue weighted by atomic mass is 35.5. The van der Waals surface area contributed by atoms with Crippen LogP contribution in [0.2, 0.25) is 5.02 Å². The number of nitrogens with zero attached hydrogens (tertiary/aromatic N) is 4. The lowest BCUT2D eigenvalue weighted by Crippen LogP contribution is -2.42. The van der Waals surface area contributed by atoms with Gasteiger partial charge in [-0.15, -0.1) is 0 Å². The fourth-order valence-corrected chi connectivity index (χ4v) is 6.81. The quantitative estimate of drug-likeness (QED) is 0.549. The summed E-state index contributed by atoms with van der Waals surface area (Å²) in [6, 6.07) is 0. The number of piperidine rings is 2. The fraction of sp³-hybridized carbons (Fsp3) is 0.818. The first kappa shape index (κ1) is 23.2. The molecule has 2 aliphatic heterocycles. The van der Waals surface area contributed by atoms with Gasteiger partial charge in [0.15, 0.2) is 0 Å². The van der Waals surface area contributed by atoms with Gasteiger partial charge in [0.25, 0.3) is 0 Å². The summed E-state index contributed by atoms with van der Waals surface area (Å²) in [5, 5.41) is 0.572. The Morgan fingerprint density at radius 2 is 1.77 bits per heavy atom. The van der Waals surface area contributed by atoms with Crippen LogP contribution in [0.3, 0.4) is 0 Å². The summed E-state index contributed by atoms with van der Waals surface area (Å²) in [7, 11) is -3.08. The molecule has 1 aliphatic carbocycles. The van der Waals surface area contributed by atoms with Gasteiger partial charge < -0.3 is 9.64 Å². The molecule has 3 aliphatic rings. The number of unbranched alkanes of at least 4 members (excludes halogenated alkanes) is 1. The maximum atomic E-state index is 12.3. The molecule has 0 spiro atoms. The summed E-state index contributed by atoms with van der Waals surface area (Å²) < 4.78 is 32.6. The molecule has 3 heterocycles. The maximum Gasteiger partial charge on any atom is 0.225 e. The SMILES string of the molecule is CCCCS(=O)(=O)N1CCC(OCC2CC2C2CCN(c3ncc(Cl)cn3)CC2)CC1. The van der Waals surface area contributed by atoms with Crippen LogP contribution >= 0.6 is 11.6 Å². The van der Waals surface area contributed by atoms with E-state index in [4.69, 9.17) is 16.3 Å². The Balaban J connectivity index is 1.13. The van der Waals surface area contributed by atoms with Gasteiger partial charge in [-0.05, 0) is 56.3 Å². The molecule has 9 heteroatoms. The number of hydrogen-bond donors (Lipinski definition) is 0. The van der Waals surface area contributed by atoms with Gasteiger partial charge in [-0.3, -0.25) is 0 Å². The van der Waals surface area contributed by atoms with Crippen molar-refractivity contribution >= 4 is 27.6 Å².